The van der Waals surface area contributed by atoms with Gasteiger partial charge >= 0.3 is 0 Å². The Morgan fingerprint density at radius 3 is 2.61 bits per heavy atom. The lowest BCUT2D eigenvalue weighted by atomic mass is 10.2. The highest BCUT2D eigenvalue weighted by Gasteiger charge is 2.13. The topological polar surface area (TPSA) is 98.2 Å². The monoisotopic (exact) mass is 442 g/mol. The fourth-order valence-corrected chi connectivity index (χ4v) is 3.46. The molecule has 2 heterocycles. The van der Waals surface area contributed by atoms with Gasteiger partial charge in [0, 0.05) is 25.2 Å². The third-order valence-electron chi connectivity index (χ3n) is 4.62. The lowest BCUT2D eigenvalue weighted by Crippen LogP contribution is -2.25. The second-order valence-electron chi connectivity index (χ2n) is 6.80. The third-order valence-corrected chi connectivity index (χ3v) is 4.95. The number of carbonyl (C=O) groups excluding carboxylic acids is 1. The molecule has 8 nitrogen and oxygen atoms in total. The van der Waals surface area contributed by atoms with Crippen molar-refractivity contribution in [3.8, 4) is 11.5 Å². The van der Waals surface area contributed by atoms with Gasteiger partial charge in [0.2, 0.25) is 5.91 Å². The first-order chi connectivity index (χ1) is 15.0. The van der Waals surface area contributed by atoms with E-state index in [0.29, 0.717) is 59.9 Å². The molecule has 1 aromatic carbocycles. The Bertz CT molecular complexity index is 1160. The Labute approximate surface area is 185 Å². The minimum absolute atomic E-state index is 0.102. The molecule has 0 saturated carbocycles. The number of nitrogens with zero attached hydrogens (tertiary/aromatic N) is 2. The summed E-state index contributed by atoms with van der Waals surface area (Å²) < 4.78 is 13.0. The first kappa shape index (κ1) is 22.5. The summed E-state index contributed by atoms with van der Waals surface area (Å²) in [5.74, 6) is 0.971. The van der Waals surface area contributed by atoms with Crippen LogP contribution in [-0.4, -0.2) is 33.7 Å². The summed E-state index contributed by atoms with van der Waals surface area (Å²) in [5, 5.41) is 3.29. The van der Waals surface area contributed by atoms with E-state index >= 15 is 0 Å². The van der Waals surface area contributed by atoms with Crippen LogP contribution in [0.5, 0.6) is 11.5 Å². The smallest absolute Gasteiger partial charge is 0.262 e. The highest BCUT2D eigenvalue weighted by Crippen LogP contribution is 2.30. The van der Waals surface area contributed by atoms with E-state index in [2.05, 4.69) is 15.3 Å². The van der Waals surface area contributed by atoms with Crippen LogP contribution in [0.15, 0.2) is 41.3 Å². The SMILES string of the molecule is CCOc1cc2[nH]c(=S)n(CCCC(=O)NCc3ccccn3)c(=O)c2cc1OCC. The van der Waals surface area contributed by atoms with Crippen LogP contribution in [0, 0.1) is 4.77 Å². The Hall–Kier alpha value is -3.20. The van der Waals surface area contributed by atoms with Gasteiger partial charge in [-0.1, -0.05) is 6.07 Å². The summed E-state index contributed by atoms with van der Waals surface area (Å²) >= 11 is 5.38. The molecule has 1 amide bonds. The number of nitrogens with one attached hydrogen (secondary N) is 2. The molecule has 0 radical (unpaired) electrons. The molecule has 0 spiro atoms. The first-order valence-electron chi connectivity index (χ1n) is 10.3. The van der Waals surface area contributed by atoms with Crippen LogP contribution in [-0.2, 0) is 17.9 Å². The Balaban J connectivity index is 1.71. The minimum atomic E-state index is -0.225. The summed E-state index contributed by atoms with van der Waals surface area (Å²) in [5.41, 5.74) is 1.16. The van der Waals surface area contributed by atoms with Crippen molar-refractivity contribution in [2.75, 3.05) is 13.2 Å². The Kier molecular flexibility index (Phi) is 7.77. The summed E-state index contributed by atoms with van der Waals surface area (Å²) in [6.07, 6.45) is 2.44. The molecule has 0 aliphatic carbocycles. The van der Waals surface area contributed by atoms with E-state index < -0.39 is 0 Å². The largest absolute Gasteiger partial charge is 0.490 e. The molecule has 2 N–H and O–H groups in total. The summed E-state index contributed by atoms with van der Waals surface area (Å²) in [7, 11) is 0. The number of aromatic amines is 1. The molecular formula is C22H26N4O4S. The van der Waals surface area contributed by atoms with Gasteiger partial charge in [0.1, 0.15) is 0 Å². The molecule has 0 fully saturated rings. The highest BCUT2D eigenvalue weighted by molar-refractivity contribution is 7.71. The van der Waals surface area contributed by atoms with Gasteiger partial charge in [-0.05, 0) is 50.7 Å². The van der Waals surface area contributed by atoms with Crippen molar-refractivity contribution in [3.63, 3.8) is 0 Å². The molecule has 31 heavy (non-hydrogen) atoms. The number of pyridine rings is 1. The number of amides is 1. The van der Waals surface area contributed by atoms with Crippen molar-refractivity contribution in [2.45, 2.75) is 39.8 Å². The van der Waals surface area contributed by atoms with Crippen molar-refractivity contribution >= 4 is 29.0 Å². The maximum absolute atomic E-state index is 13.0. The van der Waals surface area contributed by atoms with Crippen LogP contribution in [0.25, 0.3) is 10.9 Å². The van der Waals surface area contributed by atoms with Gasteiger partial charge < -0.3 is 19.8 Å². The van der Waals surface area contributed by atoms with Crippen LogP contribution < -0.4 is 20.3 Å². The van der Waals surface area contributed by atoms with Crippen molar-refractivity contribution in [3.05, 3.63) is 57.3 Å². The second kappa shape index (κ2) is 10.7. The minimum Gasteiger partial charge on any atom is -0.490 e. The van der Waals surface area contributed by atoms with Gasteiger partial charge in [-0.25, -0.2) is 0 Å². The number of carbonyl (C=O) groups is 1. The van der Waals surface area contributed by atoms with Crippen LogP contribution in [0.1, 0.15) is 32.4 Å². The maximum Gasteiger partial charge on any atom is 0.262 e. The van der Waals surface area contributed by atoms with Crippen molar-refractivity contribution in [1.29, 1.82) is 0 Å². The number of H-pyrrole nitrogens is 1. The summed E-state index contributed by atoms with van der Waals surface area (Å²) in [6, 6.07) is 8.95. The Morgan fingerprint density at radius 2 is 1.94 bits per heavy atom. The molecule has 3 rings (SSSR count). The first-order valence-corrected chi connectivity index (χ1v) is 10.7. The van der Waals surface area contributed by atoms with E-state index in [1.165, 1.54) is 4.57 Å². The standard InChI is InChI=1S/C22H26N4O4S/c1-3-29-18-12-16-17(13-19(18)30-4-2)25-22(31)26(21(16)28)11-7-9-20(27)24-14-15-8-5-6-10-23-15/h5-6,8,10,12-13H,3-4,7,9,11,14H2,1-2H3,(H,24,27)(H,25,31). The molecule has 0 aliphatic rings. The van der Waals surface area contributed by atoms with E-state index in [4.69, 9.17) is 21.7 Å². The zero-order valence-corrected chi connectivity index (χ0v) is 18.5. The summed E-state index contributed by atoms with van der Waals surface area (Å²) in [6.45, 7) is 5.39. The van der Waals surface area contributed by atoms with E-state index in [9.17, 15) is 9.59 Å². The van der Waals surface area contributed by atoms with Crippen LogP contribution in [0.3, 0.4) is 0 Å². The molecule has 0 aliphatic heterocycles. The third kappa shape index (κ3) is 5.69. The number of fused-ring (bicyclic) bond motifs is 1. The average Bonchev–Trinajstić information content (AvgIpc) is 2.76. The average molecular weight is 443 g/mol. The van der Waals surface area contributed by atoms with Crippen molar-refractivity contribution in [2.24, 2.45) is 0 Å². The number of rotatable bonds is 10. The molecular weight excluding hydrogens is 416 g/mol. The van der Waals surface area contributed by atoms with Gasteiger partial charge in [0.25, 0.3) is 5.56 Å². The number of benzene rings is 1. The molecule has 0 saturated heterocycles. The molecule has 0 atom stereocenters. The molecule has 2 aromatic heterocycles. The van der Waals surface area contributed by atoms with Gasteiger partial charge in [-0.3, -0.25) is 19.1 Å². The molecule has 9 heteroatoms. The fourth-order valence-electron chi connectivity index (χ4n) is 3.18. The predicted octanol–water partition coefficient (Wildman–Crippen LogP) is 3.35. The fraction of sp³-hybridized carbons (Fsp3) is 0.364. The number of aromatic nitrogens is 3. The zero-order valence-electron chi connectivity index (χ0n) is 17.6. The van der Waals surface area contributed by atoms with Crippen molar-refractivity contribution in [1.82, 2.24) is 19.9 Å². The maximum atomic E-state index is 13.0. The van der Waals surface area contributed by atoms with Gasteiger partial charge in [-0.15, -0.1) is 0 Å². The number of hydrogen-bond donors (Lipinski definition) is 2. The number of hydrogen-bond acceptors (Lipinski definition) is 6. The van der Waals surface area contributed by atoms with Crippen molar-refractivity contribution < 1.29 is 14.3 Å². The van der Waals surface area contributed by atoms with E-state index in [1.54, 1.807) is 18.3 Å². The lowest BCUT2D eigenvalue weighted by molar-refractivity contribution is -0.121. The van der Waals surface area contributed by atoms with Crippen LogP contribution in [0.2, 0.25) is 0 Å². The van der Waals surface area contributed by atoms with E-state index in [-0.39, 0.29) is 17.9 Å². The highest BCUT2D eigenvalue weighted by atomic mass is 32.1. The predicted molar refractivity (Wildman–Crippen MR) is 121 cm³/mol. The van der Waals surface area contributed by atoms with Crippen LogP contribution >= 0.6 is 12.2 Å². The zero-order chi connectivity index (χ0) is 22.2. The normalized spacial score (nSPS) is 10.8. The number of ether oxygens (including phenoxy) is 2. The molecule has 164 valence electrons. The lowest BCUT2D eigenvalue weighted by Gasteiger charge is -2.13. The van der Waals surface area contributed by atoms with E-state index in [1.807, 2.05) is 32.0 Å². The van der Waals surface area contributed by atoms with E-state index in [0.717, 1.165) is 5.69 Å². The second-order valence-corrected chi connectivity index (χ2v) is 7.19. The quantitative estimate of drug-likeness (QED) is 0.467. The summed E-state index contributed by atoms with van der Waals surface area (Å²) in [4.78, 5) is 32.4. The molecule has 0 bridgehead atoms. The van der Waals surface area contributed by atoms with Gasteiger partial charge in [0.05, 0.1) is 36.4 Å². The molecule has 0 unspecified atom stereocenters. The van der Waals surface area contributed by atoms with Crippen LogP contribution in [0.4, 0.5) is 0 Å². The Morgan fingerprint density at radius 1 is 1.19 bits per heavy atom. The van der Waals surface area contributed by atoms with Gasteiger partial charge in [0.15, 0.2) is 16.3 Å². The van der Waals surface area contributed by atoms with Gasteiger partial charge in [-0.2, -0.15) is 0 Å². The molecule has 3 aromatic rings.